The average molecular weight is 278 g/mol. The number of benzene rings is 1. The third kappa shape index (κ3) is 4.51. The van der Waals surface area contributed by atoms with Crippen molar-refractivity contribution in [3.63, 3.8) is 0 Å². The van der Waals surface area contributed by atoms with Gasteiger partial charge in [-0.05, 0) is 32.8 Å². The maximum atomic E-state index is 6.30. The SMILES string of the molecule is Cc1ccc(C(N)CCN2CCSC(C)(C)C2)cc1. The molecule has 0 spiro atoms. The van der Waals surface area contributed by atoms with Crippen molar-refractivity contribution in [1.29, 1.82) is 0 Å². The zero-order chi connectivity index (χ0) is 13.9. The van der Waals surface area contributed by atoms with E-state index in [4.69, 9.17) is 5.73 Å². The second-order valence-electron chi connectivity index (χ2n) is 6.19. The lowest BCUT2D eigenvalue weighted by atomic mass is 10.0. The van der Waals surface area contributed by atoms with Crippen molar-refractivity contribution >= 4 is 11.8 Å². The summed E-state index contributed by atoms with van der Waals surface area (Å²) in [7, 11) is 0. The normalized spacial score (nSPS) is 21.3. The van der Waals surface area contributed by atoms with Crippen LogP contribution in [0.15, 0.2) is 24.3 Å². The maximum Gasteiger partial charge on any atom is 0.0307 e. The van der Waals surface area contributed by atoms with Crippen LogP contribution in [-0.4, -0.2) is 35.0 Å². The summed E-state index contributed by atoms with van der Waals surface area (Å²) < 4.78 is 0.395. The molecule has 0 saturated carbocycles. The third-order valence-corrected chi connectivity index (χ3v) is 5.06. The van der Waals surface area contributed by atoms with E-state index in [0.29, 0.717) is 4.75 Å². The minimum Gasteiger partial charge on any atom is -0.324 e. The zero-order valence-corrected chi connectivity index (χ0v) is 13.2. The number of thioether (sulfide) groups is 1. The minimum atomic E-state index is 0.165. The van der Waals surface area contributed by atoms with Crippen LogP contribution in [0.4, 0.5) is 0 Å². The second kappa shape index (κ2) is 6.29. The van der Waals surface area contributed by atoms with Crippen LogP contribution in [0.3, 0.4) is 0 Å². The van der Waals surface area contributed by atoms with Crippen LogP contribution in [0.25, 0.3) is 0 Å². The highest BCUT2D eigenvalue weighted by atomic mass is 32.2. The maximum absolute atomic E-state index is 6.30. The highest BCUT2D eigenvalue weighted by Gasteiger charge is 2.26. The summed E-state index contributed by atoms with van der Waals surface area (Å²) in [4.78, 5) is 2.56. The van der Waals surface area contributed by atoms with Gasteiger partial charge in [-0.2, -0.15) is 11.8 Å². The van der Waals surface area contributed by atoms with Gasteiger partial charge in [0, 0.05) is 36.2 Å². The molecule has 1 saturated heterocycles. The van der Waals surface area contributed by atoms with Crippen molar-refractivity contribution in [2.75, 3.05) is 25.4 Å². The predicted octanol–water partition coefficient (Wildman–Crippen LogP) is 3.21. The number of hydrogen-bond donors (Lipinski definition) is 1. The Morgan fingerprint density at radius 3 is 2.63 bits per heavy atom. The Bertz CT molecular complexity index is 400. The second-order valence-corrected chi connectivity index (χ2v) is 7.99. The molecule has 2 rings (SSSR count). The Hall–Kier alpha value is -0.510. The lowest BCUT2D eigenvalue weighted by Crippen LogP contribution is -2.43. The van der Waals surface area contributed by atoms with Crippen molar-refractivity contribution in [1.82, 2.24) is 4.90 Å². The number of aryl methyl sites for hydroxylation is 1. The minimum absolute atomic E-state index is 0.165. The topological polar surface area (TPSA) is 29.3 Å². The van der Waals surface area contributed by atoms with Crippen molar-refractivity contribution in [3.05, 3.63) is 35.4 Å². The first-order valence-corrected chi connectivity index (χ1v) is 8.13. The van der Waals surface area contributed by atoms with Gasteiger partial charge < -0.3 is 10.6 Å². The quantitative estimate of drug-likeness (QED) is 0.917. The first kappa shape index (κ1) is 14.9. The summed E-state index contributed by atoms with van der Waals surface area (Å²) in [5.41, 5.74) is 8.86. The smallest absolute Gasteiger partial charge is 0.0307 e. The first-order chi connectivity index (χ1) is 8.96. The lowest BCUT2D eigenvalue weighted by molar-refractivity contribution is 0.251. The molecule has 1 aliphatic rings. The molecule has 0 radical (unpaired) electrons. The van der Waals surface area contributed by atoms with Gasteiger partial charge in [0.15, 0.2) is 0 Å². The highest BCUT2D eigenvalue weighted by molar-refractivity contribution is 8.00. The fourth-order valence-electron chi connectivity index (χ4n) is 2.61. The molecular weight excluding hydrogens is 252 g/mol. The van der Waals surface area contributed by atoms with Gasteiger partial charge in [-0.3, -0.25) is 0 Å². The third-order valence-electron chi connectivity index (χ3n) is 3.77. The van der Waals surface area contributed by atoms with Gasteiger partial charge in [0.1, 0.15) is 0 Å². The molecule has 2 N–H and O–H groups in total. The molecule has 0 aromatic heterocycles. The van der Waals surface area contributed by atoms with Crippen molar-refractivity contribution in [2.24, 2.45) is 5.73 Å². The van der Waals surface area contributed by atoms with E-state index in [9.17, 15) is 0 Å². The fraction of sp³-hybridized carbons (Fsp3) is 0.625. The summed E-state index contributed by atoms with van der Waals surface area (Å²) in [6.07, 6.45) is 1.05. The molecule has 1 atom stereocenters. The van der Waals surface area contributed by atoms with Gasteiger partial charge in [0.25, 0.3) is 0 Å². The summed E-state index contributed by atoms with van der Waals surface area (Å²) in [5.74, 6) is 1.24. The summed E-state index contributed by atoms with van der Waals surface area (Å²) in [6, 6.07) is 8.79. The molecule has 1 aromatic carbocycles. The fourth-order valence-corrected chi connectivity index (χ4v) is 3.78. The monoisotopic (exact) mass is 278 g/mol. The van der Waals surface area contributed by atoms with E-state index >= 15 is 0 Å². The molecule has 1 aliphatic heterocycles. The molecule has 1 heterocycles. The Morgan fingerprint density at radius 1 is 1.32 bits per heavy atom. The van der Waals surface area contributed by atoms with Crippen LogP contribution in [0, 0.1) is 6.92 Å². The van der Waals surface area contributed by atoms with Crippen LogP contribution in [-0.2, 0) is 0 Å². The number of rotatable bonds is 4. The van der Waals surface area contributed by atoms with Crippen LogP contribution in [0.2, 0.25) is 0 Å². The van der Waals surface area contributed by atoms with E-state index in [1.165, 1.54) is 30.0 Å². The predicted molar refractivity (Wildman–Crippen MR) is 85.7 cm³/mol. The van der Waals surface area contributed by atoms with Gasteiger partial charge in [0.2, 0.25) is 0 Å². The van der Waals surface area contributed by atoms with Crippen LogP contribution in [0.1, 0.15) is 37.4 Å². The van der Waals surface area contributed by atoms with Gasteiger partial charge in [0.05, 0.1) is 0 Å². The average Bonchev–Trinajstić information content (AvgIpc) is 2.36. The van der Waals surface area contributed by atoms with E-state index in [1.807, 2.05) is 0 Å². The zero-order valence-electron chi connectivity index (χ0n) is 12.4. The lowest BCUT2D eigenvalue weighted by Gasteiger charge is -2.37. The Morgan fingerprint density at radius 2 is 2.00 bits per heavy atom. The van der Waals surface area contributed by atoms with Gasteiger partial charge in [-0.1, -0.05) is 29.8 Å². The molecule has 3 heteroatoms. The van der Waals surface area contributed by atoms with Gasteiger partial charge in [-0.25, -0.2) is 0 Å². The molecule has 106 valence electrons. The molecule has 0 amide bonds. The van der Waals surface area contributed by atoms with Crippen molar-refractivity contribution < 1.29 is 0 Å². The van der Waals surface area contributed by atoms with Crippen LogP contribution >= 0.6 is 11.8 Å². The highest BCUT2D eigenvalue weighted by Crippen LogP contribution is 2.29. The number of hydrogen-bond acceptors (Lipinski definition) is 3. The number of nitrogens with two attached hydrogens (primary N) is 1. The molecule has 2 nitrogen and oxygen atoms in total. The van der Waals surface area contributed by atoms with Crippen LogP contribution in [0.5, 0.6) is 0 Å². The van der Waals surface area contributed by atoms with Gasteiger partial charge >= 0.3 is 0 Å². The molecule has 1 aromatic rings. The van der Waals surface area contributed by atoms with Crippen molar-refractivity contribution in [3.8, 4) is 0 Å². The first-order valence-electron chi connectivity index (χ1n) is 7.15. The van der Waals surface area contributed by atoms with E-state index in [2.05, 4.69) is 61.7 Å². The molecule has 19 heavy (non-hydrogen) atoms. The summed E-state index contributed by atoms with van der Waals surface area (Å²) in [6.45, 7) is 10.3. The molecular formula is C16H26N2S. The Kier molecular flexibility index (Phi) is 4.93. The molecule has 1 unspecified atom stereocenters. The number of nitrogens with zero attached hydrogens (tertiary/aromatic N) is 1. The Labute approximate surface area is 121 Å². The summed E-state index contributed by atoms with van der Waals surface area (Å²) in [5, 5.41) is 0. The van der Waals surface area contributed by atoms with E-state index < -0.39 is 0 Å². The van der Waals surface area contributed by atoms with Gasteiger partial charge in [-0.15, -0.1) is 0 Å². The summed E-state index contributed by atoms with van der Waals surface area (Å²) >= 11 is 2.08. The van der Waals surface area contributed by atoms with E-state index in [1.54, 1.807) is 0 Å². The van der Waals surface area contributed by atoms with Crippen LogP contribution < -0.4 is 5.73 Å². The molecule has 0 bridgehead atoms. The standard InChI is InChI=1S/C16H26N2S/c1-13-4-6-14(7-5-13)15(17)8-9-18-10-11-19-16(2,3)12-18/h4-7,15H,8-12,17H2,1-3H3. The van der Waals surface area contributed by atoms with E-state index in [0.717, 1.165) is 13.0 Å². The van der Waals surface area contributed by atoms with Crippen molar-refractivity contribution in [2.45, 2.75) is 38.0 Å². The molecule has 1 fully saturated rings. The van der Waals surface area contributed by atoms with E-state index in [-0.39, 0.29) is 6.04 Å². The largest absolute Gasteiger partial charge is 0.324 e. The Balaban J connectivity index is 1.83. The molecule has 0 aliphatic carbocycles.